The summed E-state index contributed by atoms with van der Waals surface area (Å²) in [6.45, 7) is 0.844. The van der Waals surface area contributed by atoms with Crippen molar-refractivity contribution in [3.8, 4) is 0 Å². The third-order valence-electron chi connectivity index (χ3n) is 4.28. The van der Waals surface area contributed by atoms with E-state index in [0.29, 0.717) is 0 Å². The van der Waals surface area contributed by atoms with Gasteiger partial charge in [0.2, 0.25) is 11.8 Å². The number of amides is 2. The maximum Gasteiger partial charge on any atom is 0.326 e. The van der Waals surface area contributed by atoms with E-state index in [1.807, 2.05) is 6.07 Å². The van der Waals surface area contributed by atoms with Crippen LogP contribution < -0.4 is 27.8 Å². The Morgan fingerprint density at radius 2 is 1.69 bits per heavy atom. The van der Waals surface area contributed by atoms with Crippen LogP contribution in [0.4, 0.5) is 0 Å². The largest absolute Gasteiger partial charge is 0.480 e. The first-order valence-corrected chi connectivity index (χ1v) is 9.92. The number of carbonyl (C=O) groups excluding carboxylic acids is 3. The van der Waals surface area contributed by atoms with Gasteiger partial charge in [-0.2, -0.15) is 0 Å². The van der Waals surface area contributed by atoms with Crippen LogP contribution in [0.25, 0.3) is 0 Å². The average molecular weight is 450 g/mol. The molecule has 0 saturated carbocycles. The summed E-state index contributed by atoms with van der Waals surface area (Å²) in [7, 11) is 0. The fourth-order valence-corrected chi connectivity index (χ4v) is 2.66. The summed E-state index contributed by atoms with van der Waals surface area (Å²) in [5, 5.41) is 14.1. The normalized spacial score (nSPS) is 13.2. The van der Waals surface area contributed by atoms with Gasteiger partial charge < -0.3 is 37.7 Å². The summed E-state index contributed by atoms with van der Waals surface area (Å²) < 4.78 is 4.84. The SMILES string of the molecule is CC(=O)OC[C@H](NC(=O)[C@@H](N)Cc1ccccc1)C(=O)N[C@@H](CCCN=C(N)N)C(=O)O. The zero-order chi connectivity index (χ0) is 24.1. The van der Waals surface area contributed by atoms with Gasteiger partial charge in [-0.25, -0.2) is 4.79 Å². The topological polar surface area (TPSA) is 212 Å². The van der Waals surface area contributed by atoms with Crippen molar-refractivity contribution in [2.75, 3.05) is 13.2 Å². The fraction of sp³-hybridized carbons (Fsp3) is 0.450. The highest BCUT2D eigenvalue weighted by molar-refractivity contribution is 5.92. The number of guanidine groups is 1. The molecule has 0 heterocycles. The van der Waals surface area contributed by atoms with Crippen molar-refractivity contribution in [2.24, 2.45) is 22.2 Å². The second kappa shape index (κ2) is 13.6. The van der Waals surface area contributed by atoms with Crippen molar-refractivity contribution in [3.63, 3.8) is 0 Å². The van der Waals surface area contributed by atoms with E-state index in [4.69, 9.17) is 21.9 Å². The smallest absolute Gasteiger partial charge is 0.326 e. The van der Waals surface area contributed by atoms with E-state index in [1.54, 1.807) is 24.3 Å². The standard InChI is InChI=1S/C20H30N6O6/c1-12(27)32-11-16(26-17(28)14(21)10-13-6-3-2-4-7-13)18(29)25-15(19(30)31)8-5-9-24-20(22)23/h2-4,6-7,14-16H,5,8-11,21H2,1H3,(H,25,29)(H,26,28)(H,30,31)(H4,22,23,24)/t14-,15-,16-/m0/s1. The number of carboxylic acid groups (broad SMARTS) is 1. The maximum absolute atomic E-state index is 12.6. The van der Waals surface area contributed by atoms with Gasteiger partial charge in [-0.05, 0) is 24.8 Å². The first-order chi connectivity index (χ1) is 15.1. The number of carbonyl (C=O) groups is 4. The van der Waals surface area contributed by atoms with Crippen LogP contribution in [0.5, 0.6) is 0 Å². The molecule has 12 nitrogen and oxygen atoms in total. The Morgan fingerprint density at radius 3 is 2.25 bits per heavy atom. The van der Waals surface area contributed by atoms with Crippen molar-refractivity contribution >= 4 is 29.7 Å². The number of carboxylic acids is 1. The summed E-state index contributed by atoms with van der Waals surface area (Å²) in [4.78, 5) is 51.5. The summed E-state index contributed by atoms with van der Waals surface area (Å²) in [6, 6.07) is 5.47. The van der Waals surface area contributed by atoms with E-state index in [-0.39, 0.29) is 31.8 Å². The second-order valence-electron chi connectivity index (χ2n) is 7.01. The number of aliphatic carboxylic acids is 1. The molecule has 2 amide bonds. The first kappa shape index (κ1) is 26.4. The van der Waals surface area contributed by atoms with Crippen LogP contribution >= 0.6 is 0 Å². The molecule has 3 atom stereocenters. The number of esters is 1. The average Bonchev–Trinajstić information content (AvgIpc) is 2.73. The number of hydrogen-bond acceptors (Lipinski definition) is 7. The summed E-state index contributed by atoms with van der Waals surface area (Å²) in [5.41, 5.74) is 17.2. The number of aliphatic imine (C=N–C) groups is 1. The van der Waals surface area contributed by atoms with Gasteiger partial charge in [0.05, 0.1) is 6.04 Å². The number of ether oxygens (including phenoxy) is 1. The van der Waals surface area contributed by atoms with Gasteiger partial charge in [0.1, 0.15) is 18.7 Å². The molecular weight excluding hydrogens is 420 g/mol. The van der Waals surface area contributed by atoms with Crippen LogP contribution in [-0.2, 0) is 30.3 Å². The molecule has 9 N–H and O–H groups in total. The molecule has 0 fully saturated rings. The van der Waals surface area contributed by atoms with Crippen LogP contribution in [0, 0.1) is 0 Å². The molecule has 0 saturated heterocycles. The van der Waals surface area contributed by atoms with Gasteiger partial charge in [-0.15, -0.1) is 0 Å². The molecule has 12 heteroatoms. The van der Waals surface area contributed by atoms with Crippen molar-refractivity contribution in [3.05, 3.63) is 35.9 Å². The number of rotatable bonds is 13. The Labute approximate surface area is 185 Å². The lowest BCUT2D eigenvalue weighted by molar-refractivity contribution is -0.146. The number of hydrogen-bond donors (Lipinski definition) is 6. The zero-order valence-electron chi connectivity index (χ0n) is 17.8. The maximum atomic E-state index is 12.6. The van der Waals surface area contributed by atoms with Gasteiger partial charge in [0.25, 0.3) is 0 Å². The summed E-state index contributed by atoms with van der Waals surface area (Å²) >= 11 is 0. The highest BCUT2D eigenvalue weighted by Gasteiger charge is 2.28. The third-order valence-corrected chi connectivity index (χ3v) is 4.28. The van der Waals surface area contributed by atoms with Gasteiger partial charge in [0.15, 0.2) is 5.96 Å². The zero-order valence-corrected chi connectivity index (χ0v) is 17.8. The van der Waals surface area contributed by atoms with E-state index >= 15 is 0 Å². The Morgan fingerprint density at radius 1 is 1.06 bits per heavy atom. The molecular formula is C20H30N6O6. The Balaban J connectivity index is 2.78. The van der Waals surface area contributed by atoms with E-state index in [2.05, 4.69) is 15.6 Å². The minimum absolute atomic E-state index is 0.0413. The molecule has 0 aliphatic rings. The van der Waals surface area contributed by atoms with Crippen molar-refractivity contribution in [2.45, 2.75) is 44.3 Å². The van der Waals surface area contributed by atoms with Crippen LogP contribution in [0.3, 0.4) is 0 Å². The monoisotopic (exact) mass is 450 g/mol. The molecule has 0 aliphatic heterocycles. The lowest BCUT2D eigenvalue weighted by Gasteiger charge is -2.22. The van der Waals surface area contributed by atoms with Crippen LogP contribution in [-0.4, -0.2) is 66.1 Å². The van der Waals surface area contributed by atoms with Crippen molar-refractivity contribution in [1.29, 1.82) is 0 Å². The van der Waals surface area contributed by atoms with Crippen molar-refractivity contribution < 1.29 is 29.0 Å². The summed E-state index contributed by atoms with van der Waals surface area (Å²) in [6.07, 6.45) is 0.550. The molecule has 1 aromatic rings. The molecule has 0 bridgehead atoms. The van der Waals surface area contributed by atoms with Gasteiger partial charge in [-0.3, -0.25) is 19.4 Å². The molecule has 1 rings (SSSR count). The lowest BCUT2D eigenvalue weighted by Crippen LogP contribution is -2.56. The molecule has 0 spiro atoms. The summed E-state index contributed by atoms with van der Waals surface area (Å²) in [5.74, 6) is -3.56. The minimum atomic E-state index is -1.33. The lowest BCUT2D eigenvalue weighted by atomic mass is 10.1. The Bertz CT molecular complexity index is 812. The van der Waals surface area contributed by atoms with Crippen LogP contribution in [0.2, 0.25) is 0 Å². The third kappa shape index (κ3) is 10.4. The Hall–Kier alpha value is -3.67. The van der Waals surface area contributed by atoms with Gasteiger partial charge in [0, 0.05) is 13.5 Å². The highest BCUT2D eigenvalue weighted by Crippen LogP contribution is 2.04. The fourth-order valence-electron chi connectivity index (χ4n) is 2.66. The molecule has 0 aromatic heterocycles. The van der Waals surface area contributed by atoms with E-state index in [1.165, 1.54) is 0 Å². The van der Waals surface area contributed by atoms with Crippen molar-refractivity contribution in [1.82, 2.24) is 10.6 Å². The molecule has 0 unspecified atom stereocenters. The van der Waals surface area contributed by atoms with E-state index in [9.17, 15) is 24.3 Å². The molecule has 0 aliphatic carbocycles. The van der Waals surface area contributed by atoms with Crippen LogP contribution in [0.1, 0.15) is 25.3 Å². The predicted octanol–water partition coefficient (Wildman–Crippen LogP) is -1.77. The molecule has 1 aromatic carbocycles. The van der Waals surface area contributed by atoms with Gasteiger partial charge >= 0.3 is 11.9 Å². The number of nitrogens with two attached hydrogens (primary N) is 3. The molecule has 0 radical (unpaired) electrons. The minimum Gasteiger partial charge on any atom is -0.480 e. The molecule has 176 valence electrons. The van der Waals surface area contributed by atoms with Gasteiger partial charge in [-0.1, -0.05) is 30.3 Å². The quantitative estimate of drug-likeness (QED) is 0.0866. The van der Waals surface area contributed by atoms with E-state index in [0.717, 1.165) is 12.5 Å². The number of nitrogens with one attached hydrogen (secondary N) is 2. The molecule has 32 heavy (non-hydrogen) atoms. The Kier molecular flexibility index (Phi) is 11.2. The van der Waals surface area contributed by atoms with Crippen LogP contribution in [0.15, 0.2) is 35.3 Å². The first-order valence-electron chi connectivity index (χ1n) is 9.92. The highest BCUT2D eigenvalue weighted by atomic mass is 16.5. The predicted molar refractivity (Wildman–Crippen MR) is 116 cm³/mol. The number of benzene rings is 1. The second-order valence-corrected chi connectivity index (χ2v) is 7.01. The number of nitrogens with zero attached hydrogens (tertiary/aromatic N) is 1. The van der Waals surface area contributed by atoms with E-state index < -0.39 is 48.5 Å².